The van der Waals surface area contributed by atoms with Crippen molar-refractivity contribution in [2.45, 2.75) is 49.6 Å². The van der Waals surface area contributed by atoms with Crippen molar-refractivity contribution in [2.75, 3.05) is 5.75 Å². The maximum Gasteiger partial charge on any atom is 0.243 e. The molecule has 1 N–H and O–H groups in total. The van der Waals surface area contributed by atoms with Crippen LogP contribution in [0.15, 0.2) is 24.3 Å². The SMILES string of the molecule is Cc1ccc([C@]23CCC(=O)N2[C@@H](C(=O)NC2CC2)CS3)cc1. The van der Waals surface area contributed by atoms with Gasteiger partial charge in [0.05, 0.1) is 0 Å². The number of amides is 2. The molecule has 1 aromatic rings. The molecule has 1 aliphatic carbocycles. The first kappa shape index (κ1) is 14.1. The highest BCUT2D eigenvalue weighted by Gasteiger charge is 2.56. The molecule has 0 bridgehead atoms. The molecule has 5 heteroatoms. The lowest BCUT2D eigenvalue weighted by Crippen LogP contribution is -2.50. The standard InChI is InChI=1S/C17H20N2O2S/c1-11-2-4-12(5-3-11)17-9-8-15(20)19(17)14(10-22-17)16(21)18-13-6-7-13/h2-5,13-14H,6-10H2,1H3,(H,18,21)/t14-,17-/m1/s1. The Bertz CT molecular complexity index is 626. The van der Waals surface area contributed by atoms with E-state index in [-0.39, 0.29) is 22.7 Å². The third-order valence-corrected chi connectivity index (χ3v) is 6.45. The van der Waals surface area contributed by atoms with E-state index >= 15 is 0 Å². The van der Waals surface area contributed by atoms with Crippen molar-refractivity contribution < 1.29 is 9.59 Å². The molecule has 1 saturated carbocycles. The molecule has 3 fully saturated rings. The Morgan fingerprint density at radius 1 is 1.32 bits per heavy atom. The van der Waals surface area contributed by atoms with Crippen LogP contribution in [0.1, 0.15) is 36.8 Å². The van der Waals surface area contributed by atoms with Gasteiger partial charge in [0.2, 0.25) is 11.8 Å². The van der Waals surface area contributed by atoms with Crippen LogP contribution in [0.4, 0.5) is 0 Å². The highest BCUT2D eigenvalue weighted by Crippen LogP contribution is 2.54. The van der Waals surface area contributed by atoms with E-state index in [1.54, 1.807) is 11.8 Å². The van der Waals surface area contributed by atoms with Gasteiger partial charge in [-0.15, -0.1) is 11.8 Å². The van der Waals surface area contributed by atoms with Crippen molar-refractivity contribution in [3.05, 3.63) is 35.4 Å². The summed E-state index contributed by atoms with van der Waals surface area (Å²) in [6.45, 7) is 2.06. The van der Waals surface area contributed by atoms with E-state index in [4.69, 9.17) is 0 Å². The Morgan fingerprint density at radius 2 is 2.05 bits per heavy atom. The number of benzene rings is 1. The lowest BCUT2D eigenvalue weighted by molar-refractivity contribution is -0.138. The molecule has 116 valence electrons. The van der Waals surface area contributed by atoms with Crippen LogP contribution in [-0.4, -0.2) is 34.6 Å². The summed E-state index contributed by atoms with van der Waals surface area (Å²) >= 11 is 1.75. The normalized spacial score (nSPS) is 30.5. The first-order chi connectivity index (χ1) is 10.6. The second-order valence-corrected chi connectivity index (χ2v) is 7.82. The third-order valence-electron chi connectivity index (χ3n) is 4.86. The zero-order chi connectivity index (χ0) is 15.3. The lowest BCUT2D eigenvalue weighted by Gasteiger charge is -2.34. The number of nitrogens with one attached hydrogen (secondary N) is 1. The van der Waals surface area contributed by atoms with Crippen LogP contribution in [-0.2, 0) is 14.5 Å². The number of hydrogen-bond acceptors (Lipinski definition) is 3. The molecule has 1 aromatic carbocycles. The van der Waals surface area contributed by atoms with Crippen LogP contribution in [0.5, 0.6) is 0 Å². The molecule has 22 heavy (non-hydrogen) atoms. The molecule has 0 aromatic heterocycles. The van der Waals surface area contributed by atoms with Crippen molar-refractivity contribution in [3.8, 4) is 0 Å². The second-order valence-electron chi connectivity index (χ2n) is 6.52. The fraction of sp³-hybridized carbons (Fsp3) is 0.529. The van der Waals surface area contributed by atoms with Crippen LogP contribution in [0.2, 0.25) is 0 Å². The van der Waals surface area contributed by atoms with Crippen LogP contribution in [0.25, 0.3) is 0 Å². The predicted octanol–water partition coefficient (Wildman–Crippen LogP) is 2.16. The van der Waals surface area contributed by atoms with Gasteiger partial charge in [-0.3, -0.25) is 9.59 Å². The number of carbonyl (C=O) groups excluding carboxylic acids is 2. The molecule has 3 aliphatic rings. The predicted molar refractivity (Wildman–Crippen MR) is 86.3 cm³/mol. The molecule has 2 saturated heterocycles. The summed E-state index contributed by atoms with van der Waals surface area (Å²) in [5.41, 5.74) is 2.36. The van der Waals surface area contributed by atoms with Crippen LogP contribution in [0, 0.1) is 6.92 Å². The summed E-state index contributed by atoms with van der Waals surface area (Å²) in [5.74, 6) is 0.832. The zero-order valence-corrected chi connectivity index (χ0v) is 13.5. The molecule has 4 nitrogen and oxygen atoms in total. The summed E-state index contributed by atoms with van der Waals surface area (Å²) in [6, 6.07) is 8.41. The topological polar surface area (TPSA) is 49.4 Å². The number of carbonyl (C=O) groups is 2. The molecule has 2 amide bonds. The minimum Gasteiger partial charge on any atom is -0.352 e. The summed E-state index contributed by atoms with van der Waals surface area (Å²) in [4.78, 5) is 26.5. The van der Waals surface area contributed by atoms with Crippen molar-refractivity contribution in [3.63, 3.8) is 0 Å². The summed E-state index contributed by atoms with van der Waals surface area (Å²) in [5, 5.41) is 3.06. The summed E-state index contributed by atoms with van der Waals surface area (Å²) < 4.78 is 0. The molecule has 0 spiro atoms. The average Bonchev–Trinajstić information content (AvgIpc) is 3.13. The van der Waals surface area contributed by atoms with Gasteiger partial charge in [-0.2, -0.15) is 0 Å². The Kier molecular flexibility index (Phi) is 3.22. The van der Waals surface area contributed by atoms with Crippen molar-refractivity contribution in [1.29, 1.82) is 0 Å². The molecule has 4 rings (SSSR count). The first-order valence-electron chi connectivity index (χ1n) is 7.94. The number of thioether (sulfide) groups is 1. The van der Waals surface area contributed by atoms with Gasteiger partial charge >= 0.3 is 0 Å². The van der Waals surface area contributed by atoms with Gasteiger partial charge in [-0.05, 0) is 31.7 Å². The highest BCUT2D eigenvalue weighted by molar-refractivity contribution is 8.00. The zero-order valence-electron chi connectivity index (χ0n) is 12.7. The number of aryl methyl sites for hydroxylation is 1. The van der Waals surface area contributed by atoms with Gasteiger partial charge in [-0.25, -0.2) is 0 Å². The maximum absolute atomic E-state index is 12.5. The van der Waals surface area contributed by atoms with E-state index in [0.717, 1.165) is 24.8 Å². The Balaban J connectivity index is 1.65. The monoisotopic (exact) mass is 316 g/mol. The minimum absolute atomic E-state index is 0.0271. The van der Waals surface area contributed by atoms with Crippen molar-refractivity contribution in [1.82, 2.24) is 10.2 Å². The number of rotatable bonds is 3. The highest BCUT2D eigenvalue weighted by atomic mass is 32.2. The average molecular weight is 316 g/mol. The largest absolute Gasteiger partial charge is 0.352 e. The van der Waals surface area contributed by atoms with E-state index in [9.17, 15) is 9.59 Å². The second kappa shape index (κ2) is 5.01. The first-order valence-corrected chi connectivity index (χ1v) is 8.92. The molecular weight excluding hydrogens is 296 g/mol. The van der Waals surface area contributed by atoms with E-state index in [1.807, 2.05) is 4.90 Å². The quantitative estimate of drug-likeness (QED) is 0.930. The Labute approximate surface area is 134 Å². The molecule has 0 unspecified atom stereocenters. The Hall–Kier alpha value is -1.49. The van der Waals surface area contributed by atoms with Gasteiger partial charge in [0.25, 0.3) is 0 Å². The Morgan fingerprint density at radius 3 is 2.73 bits per heavy atom. The fourth-order valence-corrected chi connectivity index (χ4v) is 5.13. The molecule has 2 heterocycles. The smallest absolute Gasteiger partial charge is 0.243 e. The fourth-order valence-electron chi connectivity index (χ4n) is 3.48. The number of fused-ring (bicyclic) bond motifs is 1. The van der Waals surface area contributed by atoms with Gasteiger partial charge in [0.15, 0.2) is 0 Å². The van der Waals surface area contributed by atoms with E-state index in [0.29, 0.717) is 18.2 Å². The van der Waals surface area contributed by atoms with Crippen molar-refractivity contribution in [2.24, 2.45) is 0 Å². The van der Waals surface area contributed by atoms with Gasteiger partial charge in [0.1, 0.15) is 10.9 Å². The lowest BCUT2D eigenvalue weighted by atomic mass is 10.0. The van der Waals surface area contributed by atoms with Crippen LogP contribution >= 0.6 is 11.8 Å². The maximum atomic E-state index is 12.5. The van der Waals surface area contributed by atoms with Gasteiger partial charge < -0.3 is 10.2 Å². The number of nitrogens with zero attached hydrogens (tertiary/aromatic N) is 1. The molecular formula is C17H20N2O2S. The van der Waals surface area contributed by atoms with E-state index in [1.165, 1.54) is 5.56 Å². The third kappa shape index (κ3) is 2.14. The molecule has 0 radical (unpaired) electrons. The van der Waals surface area contributed by atoms with Gasteiger partial charge in [-0.1, -0.05) is 29.8 Å². The van der Waals surface area contributed by atoms with E-state index < -0.39 is 0 Å². The van der Waals surface area contributed by atoms with Crippen LogP contribution < -0.4 is 5.32 Å². The van der Waals surface area contributed by atoms with Crippen molar-refractivity contribution >= 4 is 23.6 Å². The summed E-state index contributed by atoms with van der Waals surface area (Å²) in [6.07, 6.45) is 3.48. The molecule has 2 atom stereocenters. The van der Waals surface area contributed by atoms with E-state index in [2.05, 4.69) is 36.5 Å². The number of hydrogen-bond donors (Lipinski definition) is 1. The minimum atomic E-state index is -0.337. The molecule has 2 aliphatic heterocycles. The summed E-state index contributed by atoms with van der Waals surface area (Å²) in [7, 11) is 0. The van der Waals surface area contributed by atoms with Gasteiger partial charge in [0, 0.05) is 18.2 Å². The van der Waals surface area contributed by atoms with Crippen LogP contribution in [0.3, 0.4) is 0 Å².